The molecule has 0 aliphatic heterocycles. The Balaban J connectivity index is 2.62. The maximum absolute atomic E-state index is 5.57. The second-order valence-corrected chi connectivity index (χ2v) is 5.06. The lowest BCUT2D eigenvalue weighted by atomic mass is 10.1. The molecule has 1 aromatic heterocycles. The Morgan fingerprint density at radius 2 is 2.29 bits per heavy atom. The van der Waals surface area contributed by atoms with E-state index in [1.165, 1.54) is 12.0 Å². The van der Waals surface area contributed by atoms with Gasteiger partial charge in [-0.15, -0.1) is 0 Å². The summed E-state index contributed by atoms with van der Waals surface area (Å²) in [5.41, 5.74) is 7.48. The van der Waals surface area contributed by atoms with Crippen LogP contribution in [0.3, 0.4) is 0 Å². The van der Waals surface area contributed by atoms with Crippen molar-refractivity contribution in [2.75, 3.05) is 13.6 Å². The molecule has 1 rings (SSSR count). The van der Waals surface area contributed by atoms with Crippen molar-refractivity contribution in [3.8, 4) is 0 Å². The van der Waals surface area contributed by atoms with Gasteiger partial charge >= 0.3 is 0 Å². The number of pyridine rings is 1. The van der Waals surface area contributed by atoms with Crippen LogP contribution in [0.1, 0.15) is 31.5 Å². The summed E-state index contributed by atoms with van der Waals surface area (Å²) in [7, 11) is 2.13. The minimum absolute atomic E-state index is 0.358. The Morgan fingerprint density at radius 3 is 2.88 bits per heavy atom. The fourth-order valence-corrected chi connectivity index (χ4v) is 1.86. The second-order valence-electron chi connectivity index (χ2n) is 4.62. The highest BCUT2D eigenvalue weighted by atomic mass is 32.1. The molecule has 1 aromatic rings. The van der Waals surface area contributed by atoms with Crippen molar-refractivity contribution in [2.45, 2.75) is 26.8 Å². The molecule has 0 saturated heterocycles. The van der Waals surface area contributed by atoms with Crippen LogP contribution >= 0.6 is 12.2 Å². The van der Waals surface area contributed by atoms with Gasteiger partial charge < -0.3 is 10.6 Å². The highest BCUT2D eigenvalue weighted by molar-refractivity contribution is 7.80. The van der Waals surface area contributed by atoms with Crippen molar-refractivity contribution in [2.24, 2.45) is 11.7 Å². The summed E-state index contributed by atoms with van der Waals surface area (Å²) < 4.78 is 0. The quantitative estimate of drug-likeness (QED) is 0.787. The topological polar surface area (TPSA) is 42.2 Å². The van der Waals surface area contributed by atoms with Crippen molar-refractivity contribution in [1.29, 1.82) is 0 Å². The lowest BCUT2D eigenvalue weighted by molar-refractivity contribution is 0.275. The molecule has 0 fully saturated rings. The zero-order valence-corrected chi connectivity index (χ0v) is 11.6. The summed E-state index contributed by atoms with van der Waals surface area (Å²) in [6.45, 7) is 6.49. The standard InChI is InChI=1S/C13H21N3S/c1-4-10(2)8-16(3)9-11-5-6-15-12(7-11)13(14)17/h5-7,10H,4,8-9H2,1-3H3,(H2,14,17). The molecule has 4 heteroatoms. The minimum Gasteiger partial charge on any atom is -0.388 e. The van der Waals surface area contributed by atoms with Crippen LogP contribution in [0.15, 0.2) is 18.3 Å². The SMILES string of the molecule is CCC(C)CN(C)Cc1ccnc(C(N)=S)c1. The first kappa shape index (κ1) is 14.1. The summed E-state index contributed by atoms with van der Waals surface area (Å²) in [4.78, 5) is 6.81. The molecular weight excluding hydrogens is 230 g/mol. The number of nitrogens with zero attached hydrogens (tertiary/aromatic N) is 2. The fourth-order valence-electron chi connectivity index (χ4n) is 1.74. The van der Waals surface area contributed by atoms with E-state index in [1.54, 1.807) is 6.20 Å². The molecular formula is C13H21N3S. The minimum atomic E-state index is 0.358. The highest BCUT2D eigenvalue weighted by Gasteiger charge is 2.06. The van der Waals surface area contributed by atoms with Crippen LogP contribution in [0.25, 0.3) is 0 Å². The molecule has 0 spiro atoms. The van der Waals surface area contributed by atoms with E-state index >= 15 is 0 Å². The molecule has 1 atom stereocenters. The third-order valence-corrected chi connectivity index (χ3v) is 3.06. The zero-order chi connectivity index (χ0) is 12.8. The fraction of sp³-hybridized carbons (Fsp3) is 0.538. The van der Waals surface area contributed by atoms with E-state index in [4.69, 9.17) is 18.0 Å². The van der Waals surface area contributed by atoms with Gasteiger partial charge in [-0.2, -0.15) is 0 Å². The molecule has 0 aliphatic carbocycles. The van der Waals surface area contributed by atoms with Crippen molar-refractivity contribution < 1.29 is 0 Å². The van der Waals surface area contributed by atoms with Crippen LogP contribution in [0.2, 0.25) is 0 Å². The van der Waals surface area contributed by atoms with Crippen LogP contribution in [-0.4, -0.2) is 28.5 Å². The molecule has 0 aliphatic rings. The maximum Gasteiger partial charge on any atom is 0.122 e. The average Bonchev–Trinajstić information content (AvgIpc) is 2.28. The van der Waals surface area contributed by atoms with E-state index in [0.717, 1.165) is 19.0 Å². The molecule has 0 bridgehead atoms. The van der Waals surface area contributed by atoms with Crippen LogP contribution in [-0.2, 0) is 6.54 Å². The molecule has 0 saturated carbocycles. The van der Waals surface area contributed by atoms with Crippen LogP contribution in [0.4, 0.5) is 0 Å². The Hall–Kier alpha value is -1.00. The Bertz CT molecular complexity index is 379. The number of thiocarbonyl (C=S) groups is 1. The van der Waals surface area contributed by atoms with E-state index < -0.39 is 0 Å². The molecule has 0 radical (unpaired) electrons. The van der Waals surface area contributed by atoms with E-state index in [1.807, 2.05) is 12.1 Å². The summed E-state index contributed by atoms with van der Waals surface area (Å²) in [5, 5.41) is 0. The number of rotatable bonds is 6. The van der Waals surface area contributed by atoms with Gasteiger partial charge in [0, 0.05) is 19.3 Å². The predicted octanol–water partition coefficient (Wildman–Crippen LogP) is 2.19. The lowest BCUT2D eigenvalue weighted by Gasteiger charge is -2.20. The third-order valence-electron chi connectivity index (χ3n) is 2.85. The van der Waals surface area contributed by atoms with Crippen molar-refractivity contribution in [1.82, 2.24) is 9.88 Å². The number of hydrogen-bond donors (Lipinski definition) is 1. The Morgan fingerprint density at radius 1 is 1.59 bits per heavy atom. The van der Waals surface area contributed by atoms with Crippen LogP contribution in [0.5, 0.6) is 0 Å². The first-order valence-corrected chi connectivity index (χ1v) is 6.37. The third kappa shape index (κ3) is 4.79. The van der Waals surface area contributed by atoms with Gasteiger partial charge in [0.1, 0.15) is 4.99 Å². The average molecular weight is 251 g/mol. The van der Waals surface area contributed by atoms with E-state index in [2.05, 4.69) is 30.8 Å². The molecule has 0 amide bonds. The highest BCUT2D eigenvalue weighted by Crippen LogP contribution is 2.08. The number of aromatic nitrogens is 1. The number of hydrogen-bond acceptors (Lipinski definition) is 3. The molecule has 0 aromatic carbocycles. The largest absolute Gasteiger partial charge is 0.388 e. The molecule has 3 nitrogen and oxygen atoms in total. The first-order valence-electron chi connectivity index (χ1n) is 5.96. The van der Waals surface area contributed by atoms with Gasteiger partial charge in [0.05, 0.1) is 5.69 Å². The first-order chi connectivity index (χ1) is 8.02. The van der Waals surface area contributed by atoms with Crippen molar-refractivity contribution in [3.63, 3.8) is 0 Å². The summed E-state index contributed by atoms with van der Waals surface area (Å²) in [6.07, 6.45) is 2.97. The van der Waals surface area contributed by atoms with E-state index in [-0.39, 0.29) is 0 Å². The van der Waals surface area contributed by atoms with Gasteiger partial charge in [-0.05, 0) is 30.7 Å². The van der Waals surface area contributed by atoms with Crippen molar-refractivity contribution in [3.05, 3.63) is 29.6 Å². The van der Waals surface area contributed by atoms with Crippen LogP contribution in [0, 0.1) is 5.92 Å². The second kappa shape index (κ2) is 6.67. The van der Waals surface area contributed by atoms with Crippen LogP contribution < -0.4 is 5.73 Å². The summed E-state index contributed by atoms with van der Waals surface area (Å²) in [6, 6.07) is 3.98. The summed E-state index contributed by atoms with van der Waals surface area (Å²) >= 11 is 4.93. The Labute approximate surface area is 109 Å². The smallest absolute Gasteiger partial charge is 0.122 e. The summed E-state index contributed by atoms with van der Waals surface area (Å²) in [5.74, 6) is 0.719. The van der Waals surface area contributed by atoms with Gasteiger partial charge in [-0.3, -0.25) is 4.98 Å². The Kier molecular flexibility index (Phi) is 5.51. The molecule has 94 valence electrons. The normalized spacial score (nSPS) is 12.7. The van der Waals surface area contributed by atoms with Gasteiger partial charge in [-0.1, -0.05) is 32.5 Å². The molecule has 1 unspecified atom stereocenters. The number of nitrogens with two attached hydrogens (primary N) is 1. The molecule has 2 N–H and O–H groups in total. The lowest BCUT2D eigenvalue weighted by Crippen LogP contribution is -2.24. The van der Waals surface area contributed by atoms with Gasteiger partial charge in [-0.25, -0.2) is 0 Å². The zero-order valence-electron chi connectivity index (χ0n) is 10.8. The molecule has 17 heavy (non-hydrogen) atoms. The van der Waals surface area contributed by atoms with E-state index in [9.17, 15) is 0 Å². The van der Waals surface area contributed by atoms with Gasteiger partial charge in [0.15, 0.2) is 0 Å². The monoisotopic (exact) mass is 251 g/mol. The predicted molar refractivity (Wildman–Crippen MR) is 75.9 cm³/mol. The molecule has 1 heterocycles. The van der Waals surface area contributed by atoms with Gasteiger partial charge in [0.2, 0.25) is 0 Å². The maximum atomic E-state index is 5.57. The van der Waals surface area contributed by atoms with Gasteiger partial charge in [0.25, 0.3) is 0 Å². The van der Waals surface area contributed by atoms with E-state index in [0.29, 0.717) is 10.7 Å². The van der Waals surface area contributed by atoms with Crippen molar-refractivity contribution >= 4 is 17.2 Å².